The molecule has 4 aromatic carbocycles. The summed E-state index contributed by atoms with van der Waals surface area (Å²) in [6.45, 7) is 0.0112. The number of hydrogen-bond donors (Lipinski definition) is 1. The second kappa shape index (κ2) is 17.4. The molecule has 0 fully saturated rings. The van der Waals surface area contributed by atoms with Gasteiger partial charge in [0.15, 0.2) is 0 Å². The van der Waals surface area contributed by atoms with E-state index in [1.807, 2.05) is 99.8 Å². The topological polar surface area (TPSA) is 115 Å². The van der Waals surface area contributed by atoms with E-state index in [0.717, 1.165) is 61.4 Å². The number of carbonyl (C=O) groups excluding carboxylic acids is 3. The van der Waals surface area contributed by atoms with Crippen LogP contribution in [-0.4, -0.2) is 48.5 Å². The molecular weight excluding hydrogens is 701 g/mol. The summed E-state index contributed by atoms with van der Waals surface area (Å²) in [7, 11) is 1.35. The van der Waals surface area contributed by atoms with Gasteiger partial charge < -0.3 is 18.6 Å². The van der Waals surface area contributed by atoms with Crippen molar-refractivity contribution in [2.45, 2.75) is 32.3 Å². The molecule has 56 heavy (non-hydrogen) atoms. The van der Waals surface area contributed by atoms with E-state index >= 15 is 0 Å². The van der Waals surface area contributed by atoms with Crippen molar-refractivity contribution < 1.29 is 24.2 Å². The smallest absolute Gasteiger partial charge is 0.337 e. The molecule has 0 atom stereocenters. The first-order valence-electron chi connectivity index (χ1n) is 18.3. The van der Waals surface area contributed by atoms with Gasteiger partial charge in [-0.2, -0.15) is 0 Å². The van der Waals surface area contributed by atoms with Crippen LogP contribution in [0.4, 0.5) is 0 Å². The number of aromatic nitrogens is 4. The summed E-state index contributed by atoms with van der Waals surface area (Å²) >= 11 is 0. The molecule has 0 radical (unpaired) electrons. The Morgan fingerprint density at radius 1 is 0.536 bits per heavy atom. The molecule has 9 heteroatoms. The van der Waals surface area contributed by atoms with E-state index in [2.05, 4.69) is 28.2 Å². The molecular formula is C47H40N4O5. The fourth-order valence-electron chi connectivity index (χ4n) is 6.81. The lowest BCUT2D eigenvalue weighted by Crippen LogP contribution is -2.11. The maximum absolute atomic E-state index is 12.9. The minimum atomic E-state index is -0.387. The van der Waals surface area contributed by atoms with Gasteiger partial charge in [0, 0.05) is 48.2 Å². The van der Waals surface area contributed by atoms with Gasteiger partial charge in [-0.3, -0.25) is 9.59 Å². The second-order valence-corrected chi connectivity index (χ2v) is 13.4. The van der Waals surface area contributed by atoms with Gasteiger partial charge in [0.25, 0.3) is 0 Å². The van der Waals surface area contributed by atoms with Gasteiger partial charge >= 0.3 is 5.97 Å². The number of pyridine rings is 2. The number of rotatable bonds is 12. The van der Waals surface area contributed by atoms with Crippen LogP contribution in [0.25, 0.3) is 33.3 Å². The maximum atomic E-state index is 12.9. The minimum Gasteiger partial charge on any atom is -0.465 e. The number of aliphatic hydroxyl groups is 1. The highest BCUT2D eigenvalue weighted by atomic mass is 16.5. The number of nitrogens with zero attached hydrogens (tertiary/aromatic N) is 4. The van der Waals surface area contributed by atoms with E-state index in [4.69, 9.17) is 9.84 Å². The molecule has 8 aromatic rings. The van der Waals surface area contributed by atoms with Crippen LogP contribution in [-0.2, 0) is 46.6 Å². The fourth-order valence-corrected chi connectivity index (χ4v) is 6.81. The number of esters is 1. The van der Waals surface area contributed by atoms with Crippen LogP contribution < -0.4 is 0 Å². The standard InChI is InChI=1S/C24H20N2O3.C23H20N2O2/c1-29-24(28)19-9-7-17(8-10-19)13-21(27)14-23-22(18-5-3-2-4-6-18)12-11-20-15-25-16-26(20)23;26-15-18-8-6-17(7-9-18)12-21(27)13-23-22(19-4-2-1-3-5-19)11-10-20-14-24-16-25(20)23/h2-12,15-16H,13-14H2,1H3;1-11,14,16,26H,12-13,15H2. The third-order valence-corrected chi connectivity index (χ3v) is 9.66. The summed E-state index contributed by atoms with van der Waals surface area (Å²) in [4.78, 5) is 45.7. The Morgan fingerprint density at radius 2 is 0.964 bits per heavy atom. The third kappa shape index (κ3) is 8.70. The van der Waals surface area contributed by atoms with Gasteiger partial charge in [-0.1, -0.05) is 109 Å². The van der Waals surface area contributed by atoms with Crippen molar-refractivity contribution in [2.24, 2.45) is 0 Å². The van der Waals surface area contributed by atoms with Crippen molar-refractivity contribution in [3.8, 4) is 22.3 Å². The number of ketones is 2. The molecule has 0 aliphatic carbocycles. The average Bonchev–Trinajstić information content (AvgIpc) is 3.93. The average molecular weight is 741 g/mol. The van der Waals surface area contributed by atoms with E-state index in [1.165, 1.54) is 7.11 Å². The highest BCUT2D eigenvalue weighted by Crippen LogP contribution is 2.27. The largest absolute Gasteiger partial charge is 0.465 e. The van der Waals surface area contributed by atoms with Crippen LogP contribution in [0.5, 0.6) is 0 Å². The van der Waals surface area contributed by atoms with Crippen LogP contribution in [0.15, 0.2) is 159 Å². The highest BCUT2D eigenvalue weighted by Gasteiger charge is 2.16. The van der Waals surface area contributed by atoms with Gasteiger partial charge in [-0.25, -0.2) is 14.8 Å². The Hall–Kier alpha value is -6.97. The van der Waals surface area contributed by atoms with E-state index < -0.39 is 0 Å². The van der Waals surface area contributed by atoms with E-state index in [1.54, 1.807) is 49.3 Å². The number of imidazole rings is 2. The number of aliphatic hydroxyl groups excluding tert-OH is 1. The zero-order valence-electron chi connectivity index (χ0n) is 30.9. The van der Waals surface area contributed by atoms with Crippen LogP contribution in [0, 0.1) is 0 Å². The summed E-state index contributed by atoms with van der Waals surface area (Å²) in [6.07, 6.45) is 8.38. The Morgan fingerprint density at radius 3 is 1.39 bits per heavy atom. The molecule has 4 heterocycles. The maximum Gasteiger partial charge on any atom is 0.337 e. The van der Waals surface area contributed by atoms with Crippen molar-refractivity contribution in [2.75, 3.05) is 7.11 Å². The molecule has 0 saturated heterocycles. The zero-order valence-corrected chi connectivity index (χ0v) is 30.9. The minimum absolute atomic E-state index is 0.0112. The van der Waals surface area contributed by atoms with Gasteiger partial charge in [-0.15, -0.1) is 0 Å². The Kier molecular flexibility index (Phi) is 11.6. The molecule has 0 unspecified atom stereocenters. The summed E-state index contributed by atoms with van der Waals surface area (Å²) < 4.78 is 8.68. The summed E-state index contributed by atoms with van der Waals surface area (Å²) in [5.74, 6) is -0.151. The molecule has 0 aliphatic heterocycles. The molecule has 1 N–H and O–H groups in total. The number of benzene rings is 4. The number of hydrogen-bond acceptors (Lipinski definition) is 7. The number of ether oxygens (including phenoxy) is 1. The lowest BCUT2D eigenvalue weighted by molar-refractivity contribution is -0.118. The van der Waals surface area contributed by atoms with Crippen molar-refractivity contribution >= 4 is 28.6 Å². The Bertz CT molecular complexity index is 2590. The summed E-state index contributed by atoms with van der Waals surface area (Å²) in [5.41, 5.74) is 11.2. The normalized spacial score (nSPS) is 10.9. The summed E-state index contributed by atoms with van der Waals surface area (Å²) in [5, 5.41) is 9.15. The van der Waals surface area contributed by atoms with Gasteiger partial charge in [0.1, 0.15) is 11.6 Å². The van der Waals surface area contributed by atoms with Gasteiger partial charge in [0.05, 0.1) is 55.4 Å². The van der Waals surface area contributed by atoms with Crippen molar-refractivity contribution in [3.63, 3.8) is 0 Å². The molecule has 0 bridgehead atoms. The molecule has 0 spiro atoms. The Labute approximate surface area is 324 Å². The zero-order chi connectivity index (χ0) is 38.9. The summed E-state index contributed by atoms with van der Waals surface area (Å²) in [6, 6.07) is 42.7. The highest BCUT2D eigenvalue weighted by molar-refractivity contribution is 5.90. The first kappa shape index (κ1) is 37.3. The van der Waals surface area contributed by atoms with Gasteiger partial charge in [0.2, 0.25) is 0 Å². The SMILES string of the molecule is COC(=O)c1ccc(CC(=O)Cc2c(-c3ccccc3)ccc3cncn23)cc1.O=C(Cc1ccc(CO)cc1)Cc1c(-c2ccccc2)ccc2cncn12. The fraction of sp³-hybridized carbons (Fsp3) is 0.128. The predicted molar refractivity (Wildman–Crippen MR) is 216 cm³/mol. The third-order valence-electron chi connectivity index (χ3n) is 9.66. The Balaban J connectivity index is 0.000000172. The lowest BCUT2D eigenvalue weighted by atomic mass is 9.98. The van der Waals surface area contributed by atoms with Gasteiger partial charge in [-0.05, 0) is 52.1 Å². The van der Waals surface area contributed by atoms with Crippen molar-refractivity contribution in [1.29, 1.82) is 0 Å². The van der Waals surface area contributed by atoms with E-state index in [9.17, 15) is 14.4 Å². The number of Topliss-reactive ketones (excluding diaryl/α,β-unsaturated/α-hetero) is 2. The lowest BCUT2D eigenvalue weighted by Gasteiger charge is -2.13. The van der Waals surface area contributed by atoms with Crippen LogP contribution >= 0.6 is 0 Å². The van der Waals surface area contributed by atoms with Crippen LogP contribution in [0.2, 0.25) is 0 Å². The van der Waals surface area contributed by atoms with Crippen molar-refractivity contribution in [1.82, 2.24) is 18.8 Å². The molecule has 0 amide bonds. The predicted octanol–water partition coefficient (Wildman–Crippen LogP) is 7.99. The quantitative estimate of drug-likeness (QED) is 0.126. The second-order valence-electron chi connectivity index (χ2n) is 13.4. The number of fused-ring (bicyclic) bond motifs is 2. The molecule has 9 nitrogen and oxygen atoms in total. The van der Waals surface area contributed by atoms with Crippen molar-refractivity contribution in [3.05, 3.63) is 192 Å². The molecule has 4 aromatic heterocycles. The molecule has 278 valence electrons. The first-order valence-corrected chi connectivity index (χ1v) is 18.3. The van der Waals surface area contributed by atoms with Crippen LogP contribution in [0.1, 0.15) is 38.4 Å². The molecule has 0 aliphatic rings. The monoisotopic (exact) mass is 740 g/mol. The number of methoxy groups -OCH3 is 1. The number of carbonyl (C=O) groups is 3. The molecule has 0 saturated carbocycles. The van der Waals surface area contributed by atoms with E-state index in [0.29, 0.717) is 24.8 Å². The molecule has 8 rings (SSSR count). The van der Waals surface area contributed by atoms with Crippen LogP contribution in [0.3, 0.4) is 0 Å². The first-order chi connectivity index (χ1) is 27.4. The van der Waals surface area contributed by atoms with E-state index in [-0.39, 0.29) is 30.6 Å².